The molecule has 0 saturated carbocycles. The Morgan fingerprint density at radius 1 is 1.50 bits per heavy atom. The van der Waals surface area contributed by atoms with Crippen molar-refractivity contribution in [2.75, 3.05) is 0 Å². The number of hydrogen-bond acceptors (Lipinski definition) is 3. The normalized spacial score (nSPS) is 12.8. The van der Waals surface area contributed by atoms with Gasteiger partial charge in [-0.1, -0.05) is 0 Å². The maximum atomic E-state index is 10.6. The van der Waals surface area contributed by atoms with Crippen molar-refractivity contribution in [3.05, 3.63) is 30.0 Å². The Bertz CT molecular complexity index is 533. The van der Waals surface area contributed by atoms with Crippen LogP contribution in [0, 0.1) is 0 Å². The van der Waals surface area contributed by atoms with Crippen LogP contribution in [0.3, 0.4) is 0 Å². The number of rotatable bonds is 3. The quantitative estimate of drug-likeness (QED) is 0.615. The van der Waals surface area contributed by atoms with Crippen LogP contribution in [-0.4, -0.2) is 27.2 Å². The molecule has 5 N–H and O–H groups in total. The van der Waals surface area contributed by atoms with E-state index in [1.54, 1.807) is 24.4 Å². The highest BCUT2D eigenvalue weighted by atomic mass is 16.4. The van der Waals surface area contributed by atoms with E-state index in [4.69, 9.17) is 10.8 Å². The average molecular weight is 220 g/mol. The van der Waals surface area contributed by atoms with E-state index in [0.29, 0.717) is 0 Å². The molecule has 0 aliphatic carbocycles. The lowest BCUT2D eigenvalue weighted by Crippen LogP contribution is -2.32. The van der Waals surface area contributed by atoms with Gasteiger partial charge in [0.1, 0.15) is 11.8 Å². The Hall–Kier alpha value is -2.01. The van der Waals surface area contributed by atoms with Gasteiger partial charge in [-0.2, -0.15) is 0 Å². The SMILES string of the molecule is N[C@H](Cc1c[nH]c2ccc(O)cc12)C(=O)O. The summed E-state index contributed by atoms with van der Waals surface area (Å²) in [6.45, 7) is 0. The second kappa shape index (κ2) is 3.86. The fourth-order valence-corrected chi connectivity index (χ4v) is 1.66. The molecule has 1 atom stereocenters. The molecule has 0 radical (unpaired) electrons. The van der Waals surface area contributed by atoms with E-state index in [-0.39, 0.29) is 12.2 Å². The minimum absolute atomic E-state index is 0.150. The van der Waals surface area contributed by atoms with Gasteiger partial charge in [0.05, 0.1) is 0 Å². The van der Waals surface area contributed by atoms with Gasteiger partial charge in [0.15, 0.2) is 0 Å². The molecule has 1 aromatic carbocycles. The van der Waals surface area contributed by atoms with Crippen LogP contribution in [0.1, 0.15) is 5.56 Å². The molecule has 1 heterocycles. The summed E-state index contributed by atoms with van der Waals surface area (Å²) in [5.41, 5.74) is 7.11. The molecule has 84 valence electrons. The number of fused-ring (bicyclic) bond motifs is 1. The minimum Gasteiger partial charge on any atom is -0.508 e. The number of aromatic hydroxyl groups is 1. The van der Waals surface area contributed by atoms with Crippen molar-refractivity contribution >= 4 is 16.9 Å². The van der Waals surface area contributed by atoms with Gasteiger partial charge in [-0.15, -0.1) is 0 Å². The highest BCUT2D eigenvalue weighted by molar-refractivity contribution is 5.85. The number of phenols is 1. The van der Waals surface area contributed by atoms with Crippen LogP contribution in [0.5, 0.6) is 5.75 Å². The van der Waals surface area contributed by atoms with Gasteiger partial charge in [-0.3, -0.25) is 4.79 Å². The predicted molar refractivity (Wildman–Crippen MR) is 59.3 cm³/mol. The summed E-state index contributed by atoms with van der Waals surface area (Å²) >= 11 is 0. The standard InChI is InChI=1S/C11H12N2O3/c12-9(11(15)16)3-6-5-13-10-2-1-7(14)4-8(6)10/h1-2,4-5,9,13-14H,3,12H2,(H,15,16)/t9-/m1/s1. The Labute approximate surface area is 91.5 Å². The number of aliphatic carboxylic acids is 1. The molecule has 1 aromatic heterocycles. The molecule has 0 unspecified atom stereocenters. The smallest absolute Gasteiger partial charge is 0.320 e. The van der Waals surface area contributed by atoms with Crippen molar-refractivity contribution in [1.82, 2.24) is 4.98 Å². The van der Waals surface area contributed by atoms with Crippen molar-refractivity contribution in [3.8, 4) is 5.75 Å². The largest absolute Gasteiger partial charge is 0.508 e. The van der Waals surface area contributed by atoms with E-state index in [1.807, 2.05) is 0 Å². The molecule has 0 saturated heterocycles. The lowest BCUT2D eigenvalue weighted by molar-refractivity contribution is -0.138. The van der Waals surface area contributed by atoms with Gasteiger partial charge in [-0.25, -0.2) is 0 Å². The van der Waals surface area contributed by atoms with Crippen LogP contribution in [0.4, 0.5) is 0 Å². The van der Waals surface area contributed by atoms with Crippen molar-refractivity contribution in [1.29, 1.82) is 0 Å². The van der Waals surface area contributed by atoms with Crippen molar-refractivity contribution in [2.24, 2.45) is 5.73 Å². The number of aromatic nitrogens is 1. The average Bonchev–Trinajstić information content (AvgIpc) is 2.61. The molecule has 0 fully saturated rings. The Morgan fingerprint density at radius 2 is 2.25 bits per heavy atom. The van der Waals surface area contributed by atoms with Gasteiger partial charge in [0.25, 0.3) is 0 Å². The minimum atomic E-state index is -1.03. The summed E-state index contributed by atoms with van der Waals surface area (Å²) < 4.78 is 0. The second-order valence-electron chi connectivity index (χ2n) is 3.69. The molecule has 0 aliphatic rings. The summed E-state index contributed by atoms with van der Waals surface area (Å²) in [6.07, 6.45) is 1.95. The van der Waals surface area contributed by atoms with Crippen LogP contribution < -0.4 is 5.73 Å². The van der Waals surface area contributed by atoms with Crippen molar-refractivity contribution in [2.45, 2.75) is 12.5 Å². The van der Waals surface area contributed by atoms with Gasteiger partial charge in [-0.05, 0) is 23.8 Å². The van der Waals surface area contributed by atoms with Crippen molar-refractivity contribution in [3.63, 3.8) is 0 Å². The molecule has 16 heavy (non-hydrogen) atoms. The molecule has 0 spiro atoms. The van der Waals surface area contributed by atoms with Gasteiger partial charge in [0.2, 0.25) is 0 Å². The van der Waals surface area contributed by atoms with Gasteiger partial charge in [0, 0.05) is 23.5 Å². The van der Waals surface area contributed by atoms with E-state index in [2.05, 4.69) is 4.98 Å². The summed E-state index contributed by atoms with van der Waals surface area (Å²) in [7, 11) is 0. The molecule has 0 amide bonds. The number of carbonyl (C=O) groups is 1. The fourth-order valence-electron chi connectivity index (χ4n) is 1.66. The first kappa shape index (κ1) is 10.5. The molecule has 0 aliphatic heterocycles. The zero-order valence-corrected chi connectivity index (χ0v) is 8.47. The fraction of sp³-hybridized carbons (Fsp3) is 0.182. The highest BCUT2D eigenvalue weighted by Gasteiger charge is 2.14. The number of H-pyrrole nitrogens is 1. The number of carboxylic acid groups (broad SMARTS) is 1. The van der Waals surface area contributed by atoms with Crippen LogP contribution >= 0.6 is 0 Å². The summed E-state index contributed by atoms with van der Waals surface area (Å²) in [5, 5.41) is 18.9. The molecule has 5 heteroatoms. The first-order valence-electron chi connectivity index (χ1n) is 4.85. The third kappa shape index (κ3) is 1.85. The molecule has 2 aromatic rings. The van der Waals surface area contributed by atoms with E-state index in [9.17, 15) is 9.90 Å². The molecule has 5 nitrogen and oxygen atoms in total. The maximum Gasteiger partial charge on any atom is 0.320 e. The number of hydrogen-bond donors (Lipinski definition) is 4. The molecular weight excluding hydrogens is 208 g/mol. The number of nitrogens with two attached hydrogens (primary N) is 1. The Kier molecular flexibility index (Phi) is 2.54. The van der Waals surface area contributed by atoms with Gasteiger partial charge < -0.3 is 20.9 Å². The molecular formula is C11H12N2O3. The van der Waals surface area contributed by atoms with Gasteiger partial charge >= 0.3 is 5.97 Å². The highest BCUT2D eigenvalue weighted by Crippen LogP contribution is 2.23. The zero-order valence-electron chi connectivity index (χ0n) is 8.47. The van der Waals surface area contributed by atoms with Crippen LogP contribution in [0.2, 0.25) is 0 Å². The number of benzene rings is 1. The van der Waals surface area contributed by atoms with Crippen LogP contribution in [-0.2, 0) is 11.2 Å². The van der Waals surface area contributed by atoms with Crippen LogP contribution in [0.15, 0.2) is 24.4 Å². The Balaban J connectivity index is 2.37. The number of phenolic OH excluding ortho intramolecular Hbond substituents is 1. The van der Waals surface area contributed by atoms with E-state index in [0.717, 1.165) is 16.5 Å². The summed E-state index contributed by atoms with van der Waals surface area (Å²) in [6, 6.07) is 3.97. The van der Waals surface area contributed by atoms with Crippen molar-refractivity contribution < 1.29 is 15.0 Å². The molecule has 2 rings (SSSR count). The summed E-state index contributed by atoms with van der Waals surface area (Å²) in [4.78, 5) is 13.6. The van der Waals surface area contributed by atoms with E-state index in [1.165, 1.54) is 0 Å². The van der Waals surface area contributed by atoms with E-state index >= 15 is 0 Å². The Morgan fingerprint density at radius 3 is 2.94 bits per heavy atom. The molecule has 0 bridgehead atoms. The summed E-state index contributed by atoms with van der Waals surface area (Å²) in [5.74, 6) is -0.883. The number of nitrogens with one attached hydrogen (secondary N) is 1. The van der Waals surface area contributed by atoms with Crippen LogP contribution in [0.25, 0.3) is 10.9 Å². The predicted octanol–water partition coefficient (Wildman–Crippen LogP) is 0.828. The zero-order chi connectivity index (χ0) is 11.7. The second-order valence-corrected chi connectivity index (χ2v) is 3.69. The lowest BCUT2D eigenvalue weighted by atomic mass is 10.1. The first-order chi connectivity index (χ1) is 7.58. The third-order valence-corrected chi connectivity index (χ3v) is 2.51. The number of aromatic amines is 1. The van der Waals surface area contributed by atoms with E-state index < -0.39 is 12.0 Å². The third-order valence-electron chi connectivity index (χ3n) is 2.51. The maximum absolute atomic E-state index is 10.6. The monoisotopic (exact) mass is 220 g/mol. The lowest BCUT2D eigenvalue weighted by Gasteiger charge is -2.04. The topological polar surface area (TPSA) is 99.3 Å². The first-order valence-corrected chi connectivity index (χ1v) is 4.85. The number of carboxylic acids is 1.